The number of hydrogen-bond acceptors (Lipinski definition) is 1. The number of carbonyl (C=O) groups excluding carboxylic acids is 1. The molecule has 19 heavy (non-hydrogen) atoms. The summed E-state index contributed by atoms with van der Waals surface area (Å²) in [6, 6.07) is 4.75. The molecular weight excluding hydrogens is 309 g/mol. The summed E-state index contributed by atoms with van der Waals surface area (Å²) in [5.41, 5.74) is 0.0970. The van der Waals surface area contributed by atoms with Gasteiger partial charge in [-0.25, -0.2) is 4.39 Å². The van der Waals surface area contributed by atoms with Gasteiger partial charge in [0.1, 0.15) is 5.82 Å². The lowest BCUT2D eigenvalue weighted by Gasteiger charge is -2.15. The van der Waals surface area contributed by atoms with Crippen molar-refractivity contribution >= 4 is 21.8 Å². The van der Waals surface area contributed by atoms with Crippen LogP contribution in [0.3, 0.4) is 0 Å². The zero-order valence-electron chi connectivity index (χ0n) is 11.5. The minimum atomic E-state index is -0.499. The molecule has 2 nitrogen and oxygen atoms in total. The number of benzene rings is 1. The van der Waals surface area contributed by atoms with Gasteiger partial charge in [0.15, 0.2) is 0 Å². The van der Waals surface area contributed by atoms with Crippen LogP contribution in [0.2, 0.25) is 0 Å². The van der Waals surface area contributed by atoms with Crippen molar-refractivity contribution < 1.29 is 9.18 Å². The Morgan fingerprint density at radius 2 is 2.16 bits per heavy atom. The van der Waals surface area contributed by atoms with Crippen LogP contribution in [0.1, 0.15) is 49.9 Å². The summed E-state index contributed by atoms with van der Waals surface area (Å²) < 4.78 is 14.1. The molecule has 0 aliphatic heterocycles. The fourth-order valence-corrected chi connectivity index (χ4v) is 2.32. The minimum absolute atomic E-state index is 0.0970. The van der Waals surface area contributed by atoms with Crippen molar-refractivity contribution in [2.24, 2.45) is 5.92 Å². The molecule has 106 valence electrons. The van der Waals surface area contributed by atoms with E-state index in [-0.39, 0.29) is 11.5 Å². The second-order valence-corrected chi connectivity index (χ2v) is 5.58. The van der Waals surface area contributed by atoms with Crippen LogP contribution in [-0.4, -0.2) is 12.5 Å². The molecule has 4 heteroatoms. The molecule has 1 aromatic rings. The number of unbranched alkanes of at least 4 members (excludes halogenated alkanes) is 1. The molecule has 0 aromatic heterocycles. The van der Waals surface area contributed by atoms with E-state index in [9.17, 15) is 9.18 Å². The van der Waals surface area contributed by atoms with E-state index in [1.807, 2.05) is 0 Å². The average Bonchev–Trinajstić information content (AvgIpc) is 2.42. The molecule has 1 amide bonds. The number of carbonyl (C=O) groups is 1. The van der Waals surface area contributed by atoms with Crippen LogP contribution in [0.5, 0.6) is 0 Å². The van der Waals surface area contributed by atoms with Crippen molar-refractivity contribution in [3.05, 3.63) is 34.1 Å². The van der Waals surface area contributed by atoms with Gasteiger partial charge in [0.2, 0.25) is 0 Å². The molecule has 1 N–H and O–H groups in total. The highest BCUT2D eigenvalue weighted by atomic mass is 79.9. The maximum atomic E-state index is 13.8. The maximum absolute atomic E-state index is 13.8. The normalized spacial score (nSPS) is 12.2. The van der Waals surface area contributed by atoms with Crippen molar-refractivity contribution in [1.82, 2.24) is 5.32 Å². The first kappa shape index (κ1) is 16.2. The predicted octanol–water partition coefficient (Wildman–Crippen LogP) is 4.53. The Kier molecular flexibility index (Phi) is 7.06. The summed E-state index contributed by atoms with van der Waals surface area (Å²) >= 11 is 3.09. The molecule has 0 aliphatic rings. The molecule has 0 saturated heterocycles. The number of rotatable bonds is 7. The topological polar surface area (TPSA) is 29.1 Å². The third-order valence-electron chi connectivity index (χ3n) is 3.29. The van der Waals surface area contributed by atoms with E-state index < -0.39 is 5.82 Å². The lowest BCUT2D eigenvalue weighted by atomic mass is 9.99. The highest BCUT2D eigenvalue weighted by Crippen LogP contribution is 2.18. The molecule has 0 fully saturated rings. The average molecular weight is 330 g/mol. The fraction of sp³-hybridized carbons (Fsp3) is 0.533. The number of nitrogens with one attached hydrogen (secondary N) is 1. The molecule has 0 aliphatic carbocycles. The summed E-state index contributed by atoms with van der Waals surface area (Å²) in [6.45, 7) is 4.88. The Balaban J connectivity index is 2.57. The predicted molar refractivity (Wildman–Crippen MR) is 79.7 cm³/mol. The van der Waals surface area contributed by atoms with Crippen LogP contribution in [-0.2, 0) is 0 Å². The van der Waals surface area contributed by atoms with Crippen LogP contribution < -0.4 is 5.32 Å². The van der Waals surface area contributed by atoms with Gasteiger partial charge in [-0.05, 0) is 40.4 Å². The van der Waals surface area contributed by atoms with Crippen molar-refractivity contribution in [2.75, 3.05) is 6.54 Å². The van der Waals surface area contributed by atoms with Gasteiger partial charge in [0.05, 0.1) is 10.0 Å². The molecule has 0 bridgehead atoms. The molecule has 0 radical (unpaired) electrons. The van der Waals surface area contributed by atoms with E-state index in [4.69, 9.17) is 0 Å². The van der Waals surface area contributed by atoms with Gasteiger partial charge in [-0.3, -0.25) is 4.79 Å². The number of halogens is 2. The van der Waals surface area contributed by atoms with Crippen LogP contribution >= 0.6 is 15.9 Å². The summed E-state index contributed by atoms with van der Waals surface area (Å²) in [7, 11) is 0. The standard InChI is InChI=1S/C15H21BrFNO/c1-3-5-7-11(4-2)10-18-15(19)12-8-6-9-13(16)14(12)17/h6,8-9,11H,3-5,7,10H2,1-2H3,(H,18,19). The summed E-state index contributed by atoms with van der Waals surface area (Å²) in [5, 5.41) is 2.83. The first-order valence-corrected chi connectivity index (χ1v) is 7.61. The van der Waals surface area contributed by atoms with E-state index >= 15 is 0 Å². The van der Waals surface area contributed by atoms with Gasteiger partial charge in [-0.15, -0.1) is 0 Å². The summed E-state index contributed by atoms with van der Waals surface area (Å²) in [4.78, 5) is 11.9. The van der Waals surface area contributed by atoms with Crippen LogP contribution in [0.25, 0.3) is 0 Å². The van der Waals surface area contributed by atoms with Crippen molar-refractivity contribution in [2.45, 2.75) is 39.5 Å². The monoisotopic (exact) mass is 329 g/mol. The van der Waals surface area contributed by atoms with E-state index in [0.717, 1.165) is 19.3 Å². The molecule has 0 spiro atoms. The smallest absolute Gasteiger partial charge is 0.254 e. The highest BCUT2D eigenvalue weighted by Gasteiger charge is 2.15. The summed E-state index contributed by atoms with van der Waals surface area (Å²) in [6.07, 6.45) is 4.46. The Bertz CT molecular complexity index is 423. The zero-order valence-corrected chi connectivity index (χ0v) is 13.1. The Morgan fingerprint density at radius 3 is 2.79 bits per heavy atom. The van der Waals surface area contributed by atoms with E-state index in [1.165, 1.54) is 12.5 Å². The van der Waals surface area contributed by atoms with E-state index in [2.05, 4.69) is 35.1 Å². The van der Waals surface area contributed by atoms with Gasteiger partial charge in [-0.2, -0.15) is 0 Å². The van der Waals surface area contributed by atoms with Gasteiger partial charge < -0.3 is 5.32 Å². The summed E-state index contributed by atoms with van der Waals surface area (Å²) in [5.74, 6) is -0.366. The SMILES string of the molecule is CCCCC(CC)CNC(=O)c1cccc(Br)c1F. The van der Waals surface area contributed by atoms with Gasteiger partial charge >= 0.3 is 0 Å². The molecule has 1 rings (SSSR count). The second kappa shape index (κ2) is 8.31. The highest BCUT2D eigenvalue weighted by molar-refractivity contribution is 9.10. The molecule has 1 unspecified atom stereocenters. The first-order chi connectivity index (χ1) is 9.10. The lowest BCUT2D eigenvalue weighted by Crippen LogP contribution is -2.29. The molecule has 0 saturated carbocycles. The van der Waals surface area contributed by atoms with Crippen LogP contribution in [0, 0.1) is 11.7 Å². The van der Waals surface area contributed by atoms with Gasteiger partial charge in [0, 0.05) is 6.54 Å². The van der Waals surface area contributed by atoms with Crippen molar-refractivity contribution in [3.63, 3.8) is 0 Å². The Hall–Kier alpha value is -0.900. The van der Waals surface area contributed by atoms with Gasteiger partial charge in [-0.1, -0.05) is 39.2 Å². The number of hydrogen-bond donors (Lipinski definition) is 1. The third-order valence-corrected chi connectivity index (χ3v) is 3.90. The van der Waals surface area contributed by atoms with Crippen molar-refractivity contribution in [3.8, 4) is 0 Å². The largest absolute Gasteiger partial charge is 0.352 e. The number of amides is 1. The fourth-order valence-electron chi connectivity index (χ4n) is 1.95. The lowest BCUT2D eigenvalue weighted by molar-refractivity contribution is 0.0941. The van der Waals surface area contributed by atoms with E-state index in [0.29, 0.717) is 16.9 Å². The molecule has 1 atom stereocenters. The molecule has 1 aromatic carbocycles. The van der Waals surface area contributed by atoms with E-state index in [1.54, 1.807) is 12.1 Å². The Labute approximate surface area is 122 Å². The maximum Gasteiger partial charge on any atom is 0.254 e. The van der Waals surface area contributed by atoms with Crippen LogP contribution in [0.15, 0.2) is 22.7 Å². The minimum Gasteiger partial charge on any atom is -0.352 e. The first-order valence-electron chi connectivity index (χ1n) is 6.82. The van der Waals surface area contributed by atoms with Gasteiger partial charge in [0.25, 0.3) is 5.91 Å². The Morgan fingerprint density at radius 1 is 1.42 bits per heavy atom. The third kappa shape index (κ3) is 4.94. The van der Waals surface area contributed by atoms with Crippen molar-refractivity contribution in [1.29, 1.82) is 0 Å². The second-order valence-electron chi connectivity index (χ2n) is 4.73. The molecule has 0 heterocycles. The molecular formula is C15H21BrFNO. The van der Waals surface area contributed by atoms with Crippen LogP contribution in [0.4, 0.5) is 4.39 Å². The zero-order chi connectivity index (χ0) is 14.3. The quantitative estimate of drug-likeness (QED) is 0.782.